The molecular weight excluding hydrogens is 420 g/mol. The average Bonchev–Trinajstić information content (AvgIpc) is 3.17. The predicted molar refractivity (Wildman–Crippen MR) is 107 cm³/mol. The Kier molecular flexibility index (Phi) is 6.21. The van der Waals surface area contributed by atoms with Crippen LogP contribution in [0.3, 0.4) is 0 Å². The molecule has 0 saturated heterocycles. The Morgan fingerprint density at radius 2 is 1.73 bits per heavy atom. The molecule has 0 unspecified atom stereocenters. The molecule has 2 amide bonds. The number of thiophene rings is 1. The molecule has 0 radical (unpaired) electrons. The van der Waals surface area contributed by atoms with Crippen LogP contribution in [0.2, 0.25) is 0 Å². The first-order valence-electron chi connectivity index (χ1n) is 8.76. The second-order valence-corrected chi connectivity index (χ2v) is 7.51. The number of halogens is 4. The molecule has 2 aromatic carbocycles. The van der Waals surface area contributed by atoms with E-state index in [2.05, 4.69) is 5.32 Å². The largest absolute Gasteiger partial charge is 0.405 e. The topological polar surface area (TPSA) is 58.2 Å². The Morgan fingerprint density at radius 1 is 1.00 bits per heavy atom. The first-order valence-corrected chi connectivity index (χ1v) is 9.57. The Hall–Kier alpha value is -3.20. The maximum absolute atomic E-state index is 13.9. The zero-order valence-electron chi connectivity index (χ0n) is 15.6. The number of amides is 2. The van der Waals surface area contributed by atoms with Crippen molar-refractivity contribution in [3.63, 3.8) is 0 Å². The number of hydrogen-bond acceptors (Lipinski definition) is 3. The third-order valence-corrected chi connectivity index (χ3v) is 5.28. The van der Waals surface area contributed by atoms with E-state index in [1.54, 1.807) is 42.6 Å². The van der Waals surface area contributed by atoms with Gasteiger partial charge in [-0.2, -0.15) is 13.2 Å². The minimum absolute atomic E-state index is 0.0154. The summed E-state index contributed by atoms with van der Waals surface area (Å²) in [5, 5.41) is 4.44. The minimum atomic E-state index is -4.52. The first kappa shape index (κ1) is 21.5. The molecule has 2 N–H and O–H groups in total. The van der Waals surface area contributed by atoms with E-state index in [1.165, 1.54) is 24.3 Å². The lowest BCUT2D eigenvalue weighted by atomic mass is 10.1. The summed E-state index contributed by atoms with van der Waals surface area (Å²) in [5.74, 6) is -1.78. The zero-order valence-corrected chi connectivity index (χ0v) is 16.5. The van der Waals surface area contributed by atoms with Gasteiger partial charge >= 0.3 is 6.18 Å². The fourth-order valence-corrected chi connectivity index (χ4v) is 3.56. The average molecular weight is 436 g/mol. The molecule has 3 rings (SSSR count). The van der Waals surface area contributed by atoms with Crippen LogP contribution < -0.4 is 10.6 Å². The van der Waals surface area contributed by atoms with Gasteiger partial charge in [0.1, 0.15) is 12.4 Å². The molecule has 1 aromatic heterocycles. The van der Waals surface area contributed by atoms with Crippen molar-refractivity contribution < 1.29 is 27.2 Å². The maximum atomic E-state index is 13.9. The summed E-state index contributed by atoms with van der Waals surface area (Å²) in [6, 6.07) is 13.6. The van der Waals surface area contributed by atoms with Crippen LogP contribution in [0, 0.1) is 12.7 Å². The van der Waals surface area contributed by atoms with E-state index in [1.807, 2.05) is 0 Å². The standard InChI is InChI=1S/C21H16F4N2O2S/c1-12-6-7-13(19(28)26-11-21(23,24)25)10-16(12)27-20(29)18-9-8-17(30-18)14-4-2-3-5-15(14)22/h2-10H,11H2,1H3,(H,26,28)(H,27,29). The van der Waals surface area contributed by atoms with Gasteiger partial charge in [-0.3, -0.25) is 9.59 Å². The monoisotopic (exact) mass is 436 g/mol. The van der Waals surface area contributed by atoms with Crippen molar-refractivity contribution in [3.05, 3.63) is 76.4 Å². The highest BCUT2D eigenvalue weighted by Crippen LogP contribution is 2.30. The fourth-order valence-electron chi connectivity index (χ4n) is 2.63. The normalized spacial score (nSPS) is 11.2. The van der Waals surface area contributed by atoms with Crippen molar-refractivity contribution in [1.29, 1.82) is 0 Å². The number of carbonyl (C=O) groups excluding carboxylic acids is 2. The molecule has 0 atom stereocenters. The number of benzene rings is 2. The van der Waals surface area contributed by atoms with Crippen LogP contribution >= 0.6 is 11.3 Å². The van der Waals surface area contributed by atoms with Crippen molar-refractivity contribution in [2.24, 2.45) is 0 Å². The first-order chi connectivity index (χ1) is 14.1. The Balaban J connectivity index is 1.75. The van der Waals surface area contributed by atoms with Crippen LogP contribution in [-0.2, 0) is 0 Å². The van der Waals surface area contributed by atoms with Gasteiger partial charge in [0.2, 0.25) is 0 Å². The molecule has 9 heteroatoms. The van der Waals surface area contributed by atoms with Crippen molar-refractivity contribution in [2.45, 2.75) is 13.1 Å². The van der Waals surface area contributed by atoms with Gasteiger partial charge in [-0.1, -0.05) is 24.3 Å². The summed E-state index contributed by atoms with van der Waals surface area (Å²) in [7, 11) is 0. The SMILES string of the molecule is Cc1ccc(C(=O)NCC(F)(F)F)cc1NC(=O)c1ccc(-c2ccccc2F)s1. The minimum Gasteiger partial charge on any atom is -0.343 e. The van der Waals surface area contributed by atoms with Gasteiger partial charge in [0.05, 0.1) is 4.88 Å². The van der Waals surface area contributed by atoms with Gasteiger partial charge in [-0.05, 0) is 42.8 Å². The number of carbonyl (C=O) groups is 2. The third kappa shape index (κ3) is 5.24. The smallest absolute Gasteiger partial charge is 0.343 e. The van der Waals surface area contributed by atoms with E-state index in [-0.39, 0.29) is 5.56 Å². The maximum Gasteiger partial charge on any atom is 0.405 e. The molecule has 0 aliphatic heterocycles. The van der Waals surface area contributed by atoms with Gasteiger partial charge in [-0.15, -0.1) is 11.3 Å². The zero-order chi connectivity index (χ0) is 21.9. The lowest BCUT2D eigenvalue weighted by Crippen LogP contribution is -2.33. The van der Waals surface area contributed by atoms with Gasteiger partial charge < -0.3 is 10.6 Å². The van der Waals surface area contributed by atoms with Gasteiger partial charge in [0.15, 0.2) is 0 Å². The molecule has 4 nitrogen and oxygen atoms in total. The number of alkyl halides is 3. The molecule has 0 fully saturated rings. The summed E-state index contributed by atoms with van der Waals surface area (Å²) < 4.78 is 50.8. The molecule has 0 bridgehead atoms. The third-order valence-electron chi connectivity index (χ3n) is 4.17. The van der Waals surface area contributed by atoms with E-state index in [0.717, 1.165) is 11.3 Å². The summed E-state index contributed by atoms with van der Waals surface area (Å²) in [6.45, 7) is 0.238. The second kappa shape index (κ2) is 8.66. The molecule has 156 valence electrons. The number of aryl methyl sites for hydroxylation is 1. The number of rotatable bonds is 5. The highest BCUT2D eigenvalue weighted by Gasteiger charge is 2.28. The van der Waals surface area contributed by atoms with Gasteiger partial charge in [0.25, 0.3) is 11.8 Å². The van der Waals surface area contributed by atoms with Crippen LogP contribution in [0.4, 0.5) is 23.2 Å². The van der Waals surface area contributed by atoms with Crippen LogP contribution in [0.25, 0.3) is 10.4 Å². The van der Waals surface area contributed by atoms with Crippen LogP contribution in [0.1, 0.15) is 25.6 Å². The Bertz CT molecular complexity index is 1090. The molecular formula is C21H16F4N2O2S. The number of anilines is 1. The van der Waals surface area contributed by atoms with Crippen LogP contribution in [0.5, 0.6) is 0 Å². The highest BCUT2D eigenvalue weighted by atomic mass is 32.1. The summed E-state index contributed by atoms with van der Waals surface area (Å²) >= 11 is 1.10. The van der Waals surface area contributed by atoms with E-state index in [4.69, 9.17) is 0 Å². The van der Waals surface area contributed by atoms with Crippen LogP contribution in [-0.4, -0.2) is 24.5 Å². The number of nitrogens with one attached hydrogen (secondary N) is 2. The molecule has 1 heterocycles. The second-order valence-electron chi connectivity index (χ2n) is 6.43. The molecule has 30 heavy (non-hydrogen) atoms. The molecule has 0 aliphatic carbocycles. The number of hydrogen-bond donors (Lipinski definition) is 2. The van der Waals surface area contributed by atoms with Crippen molar-refractivity contribution in [1.82, 2.24) is 5.32 Å². The van der Waals surface area contributed by atoms with E-state index in [9.17, 15) is 27.2 Å². The van der Waals surface area contributed by atoms with Crippen molar-refractivity contribution >= 4 is 28.8 Å². The highest BCUT2D eigenvalue weighted by molar-refractivity contribution is 7.17. The molecule has 0 spiro atoms. The lowest BCUT2D eigenvalue weighted by molar-refractivity contribution is -0.123. The van der Waals surface area contributed by atoms with E-state index < -0.39 is 30.4 Å². The van der Waals surface area contributed by atoms with Crippen molar-refractivity contribution in [3.8, 4) is 10.4 Å². The predicted octanol–water partition coefficient (Wildman–Crippen LogP) is 5.41. The molecule has 0 aliphatic rings. The Labute approximate surface area is 173 Å². The van der Waals surface area contributed by atoms with Crippen molar-refractivity contribution in [2.75, 3.05) is 11.9 Å². The summed E-state index contributed by atoms with van der Waals surface area (Å²) in [4.78, 5) is 25.4. The summed E-state index contributed by atoms with van der Waals surface area (Å²) in [6.07, 6.45) is -4.52. The summed E-state index contributed by atoms with van der Waals surface area (Å²) in [5.41, 5.74) is 1.28. The van der Waals surface area contributed by atoms with Gasteiger partial charge in [0, 0.05) is 21.7 Å². The van der Waals surface area contributed by atoms with Gasteiger partial charge in [-0.25, -0.2) is 4.39 Å². The Morgan fingerprint density at radius 3 is 2.43 bits per heavy atom. The van der Waals surface area contributed by atoms with E-state index >= 15 is 0 Å². The lowest BCUT2D eigenvalue weighted by Gasteiger charge is -2.11. The van der Waals surface area contributed by atoms with Crippen LogP contribution in [0.15, 0.2) is 54.6 Å². The molecule has 3 aromatic rings. The van der Waals surface area contributed by atoms with E-state index in [0.29, 0.717) is 26.6 Å². The molecule has 0 saturated carbocycles. The quantitative estimate of drug-likeness (QED) is 0.526. The fraction of sp³-hybridized carbons (Fsp3) is 0.143.